The van der Waals surface area contributed by atoms with Gasteiger partial charge in [-0.15, -0.1) is 17.5 Å². The number of carbonyl (C=O) groups is 2. The molecule has 1 unspecified atom stereocenters. The summed E-state index contributed by atoms with van der Waals surface area (Å²) in [5.41, 5.74) is 1.93. The van der Waals surface area contributed by atoms with Crippen molar-refractivity contribution >= 4 is 30.0 Å². The number of piperidine rings is 1. The molecule has 0 spiro atoms. The number of H-pyrrole nitrogens is 1. The van der Waals surface area contributed by atoms with Crippen LogP contribution in [0.15, 0.2) is 30.6 Å². The predicted molar refractivity (Wildman–Crippen MR) is 145 cm³/mol. The molecule has 204 valence electrons. The van der Waals surface area contributed by atoms with Crippen LogP contribution in [0.3, 0.4) is 0 Å². The molecule has 1 aromatic heterocycles. The zero-order chi connectivity index (χ0) is 25.3. The Bertz CT molecular complexity index is 976. The SMILES string of the molecule is CCCN(CC1CCN(C(=O)N2CCOCC2)CC1)C(C)Cc1cccc(NC(=O)c2nc[nH]n2)c1.Cl. The second-order valence-electron chi connectivity index (χ2n) is 9.84. The van der Waals surface area contributed by atoms with Gasteiger partial charge in [-0.1, -0.05) is 19.1 Å². The van der Waals surface area contributed by atoms with E-state index in [1.807, 2.05) is 28.0 Å². The van der Waals surface area contributed by atoms with Crippen LogP contribution in [0.2, 0.25) is 0 Å². The van der Waals surface area contributed by atoms with Gasteiger partial charge in [0.1, 0.15) is 6.33 Å². The number of anilines is 1. The summed E-state index contributed by atoms with van der Waals surface area (Å²) in [6, 6.07) is 8.54. The maximum atomic E-state index is 12.8. The number of morpholine rings is 1. The largest absolute Gasteiger partial charge is 0.378 e. The van der Waals surface area contributed by atoms with Crippen molar-refractivity contribution in [3.8, 4) is 0 Å². The van der Waals surface area contributed by atoms with Crippen molar-refractivity contribution in [3.05, 3.63) is 42.0 Å². The summed E-state index contributed by atoms with van der Waals surface area (Å²) in [6.07, 6.45) is 5.49. The van der Waals surface area contributed by atoms with E-state index in [-0.39, 0.29) is 30.2 Å². The van der Waals surface area contributed by atoms with Crippen LogP contribution in [-0.2, 0) is 11.2 Å². The Kier molecular flexibility index (Phi) is 11.2. The van der Waals surface area contributed by atoms with Crippen LogP contribution in [-0.4, -0.2) is 100 Å². The highest BCUT2D eigenvalue weighted by atomic mass is 35.5. The lowest BCUT2D eigenvalue weighted by atomic mass is 9.95. The Hall–Kier alpha value is -2.69. The van der Waals surface area contributed by atoms with Gasteiger partial charge < -0.3 is 24.8 Å². The molecule has 2 aromatic rings. The number of amides is 3. The molecule has 37 heavy (non-hydrogen) atoms. The van der Waals surface area contributed by atoms with Crippen molar-refractivity contribution in [1.29, 1.82) is 0 Å². The van der Waals surface area contributed by atoms with E-state index in [1.54, 1.807) is 0 Å². The molecule has 11 heteroatoms. The van der Waals surface area contributed by atoms with E-state index in [1.165, 1.54) is 11.9 Å². The first kappa shape index (κ1) is 28.9. The highest BCUT2D eigenvalue weighted by Crippen LogP contribution is 2.22. The van der Waals surface area contributed by atoms with Crippen molar-refractivity contribution in [2.24, 2.45) is 5.92 Å². The Morgan fingerprint density at radius 1 is 1.19 bits per heavy atom. The lowest BCUT2D eigenvalue weighted by Crippen LogP contribution is -2.51. The number of carbonyl (C=O) groups excluding carboxylic acids is 2. The average molecular weight is 534 g/mol. The number of halogens is 1. The molecule has 2 fully saturated rings. The fourth-order valence-corrected chi connectivity index (χ4v) is 5.12. The third kappa shape index (κ3) is 8.15. The number of benzene rings is 1. The maximum absolute atomic E-state index is 12.8. The molecule has 2 N–H and O–H groups in total. The van der Waals surface area contributed by atoms with Crippen molar-refractivity contribution in [3.63, 3.8) is 0 Å². The number of urea groups is 1. The fourth-order valence-electron chi connectivity index (χ4n) is 5.12. The number of nitrogens with one attached hydrogen (secondary N) is 2. The van der Waals surface area contributed by atoms with Gasteiger partial charge in [-0.05, 0) is 62.8 Å². The summed E-state index contributed by atoms with van der Waals surface area (Å²) in [6.45, 7) is 11.0. The topological polar surface area (TPSA) is 107 Å². The fraction of sp³-hybridized carbons (Fsp3) is 0.615. The first-order valence-electron chi connectivity index (χ1n) is 13.1. The van der Waals surface area contributed by atoms with Gasteiger partial charge in [-0.3, -0.25) is 9.89 Å². The zero-order valence-corrected chi connectivity index (χ0v) is 22.7. The van der Waals surface area contributed by atoms with Gasteiger partial charge in [0.2, 0.25) is 5.82 Å². The lowest BCUT2D eigenvalue weighted by Gasteiger charge is -2.39. The summed E-state index contributed by atoms with van der Waals surface area (Å²) in [4.78, 5) is 35.5. The number of likely N-dealkylation sites (tertiary alicyclic amines) is 1. The molecule has 3 amide bonds. The minimum Gasteiger partial charge on any atom is -0.378 e. The highest BCUT2D eigenvalue weighted by Gasteiger charge is 2.29. The third-order valence-electron chi connectivity index (χ3n) is 7.13. The molecule has 0 saturated carbocycles. The average Bonchev–Trinajstić information content (AvgIpc) is 3.45. The lowest BCUT2D eigenvalue weighted by molar-refractivity contribution is 0.0386. The van der Waals surface area contributed by atoms with Crippen molar-refractivity contribution in [1.82, 2.24) is 29.9 Å². The summed E-state index contributed by atoms with van der Waals surface area (Å²) in [7, 11) is 0. The van der Waals surface area contributed by atoms with E-state index >= 15 is 0 Å². The molecule has 10 nitrogen and oxygen atoms in total. The molecule has 1 aromatic carbocycles. The normalized spacial score (nSPS) is 17.4. The number of hydrogen-bond donors (Lipinski definition) is 2. The summed E-state index contributed by atoms with van der Waals surface area (Å²) < 4.78 is 5.38. The Balaban J connectivity index is 0.00000380. The number of rotatable bonds is 9. The molecular weight excluding hydrogens is 494 g/mol. The van der Waals surface area contributed by atoms with Gasteiger partial charge in [0.15, 0.2) is 0 Å². The first-order chi connectivity index (χ1) is 17.5. The van der Waals surface area contributed by atoms with E-state index < -0.39 is 0 Å². The molecule has 2 aliphatic rings. The standard InChI is InChI=1S/C26H39N7O3.ClH/c1-3-9-33(18-21-7-10-31(11-8-21)26(35)32-12-14-36-15-13-32)20(2)16-22-5-4-6-23(17-22)29-25(34)24-27-19-28-30-24;/h4-6,17,19-21H,3,7-16,18H2,1-2H3,(H,29,34)(H,27,28,30);1H. The van der Waals surface area contributed by atoms with Crippen molar-refractivity contribution < 1.29 is 14.3 Å². The molecule has 2 aliphatic heterocycles. The minimum absolute atomic E-state index is 0. The maximum Gasteiger partial charge on any atom is 0.320 e. The Morgan fingerprint density at radius 2 is 1.92 bits per heavy atom. The van der Waals surface area contributed by atoms with Crippen LogP contribution in [0.25, 0.3) is 0 Å². The van der Waals surface area contributed by atoms with Gasteiger partial charge in [-0.25, -0.2) is 9.78 Å². The van der Waals surface area contributed by atoms with Gasteiger partial charge >= 0.3 is 6.03 Å². The number of nitrogens with zero attached hydrogens (tertiary/aromatic N) is 5. The van der Waals surface area contributed by atoms with Crippen LogP contribution < -0.4 is 5.32 Å². The third-order valence-corrected chi connectivity index (χ3v) is 7.13. The van der Waals surface area contributed by atoms with E-state index in [2.05, 4.69) is 45.3 Å². The summed E-state index contributed by atoms with van der Waals surface area (Å²) in [5, 5.41) is 9.27. The van der Waals surface area contributed by atoms with Crippen LogP contribution in [0.1, 0.15) is 49.3 Å². The van der Waals surface area contributed by atoms with Crippen molar-refractivity contribution in [2.75, 3.05) is 57.8 Å². The molecule has 0 radical (unpaired) electrons. The van der Waals surface area contributed by atoms with E-state index in [4.69, 9.17) is 4.74 Å². The molecule has 4 rings (SSSR count). The van der Waals surface area contributed by atoms with E-state index in [9.17, 15) is 9.59 Å². The Morgan fingerprint density at radius 3 is 2.59 bits per heavy atom. The smallest absolute Gasteiger partial charge is 0.320 e. The van der Waals surface area contributed by atoms with Crippen molar-refractivity contribution in [2.45, 2.75) is 45.6 Å². The van der Waals surface area contributed by atoms with E-state index in [0.29, 0.717) is 38.3 Å². The number of ether oxygens (including phenoxy) is 1. The van der Waals surface area contributed by atoms with E-state index in [0.717, 1.165) is 57.5 Å². The second kappa shape index (κ2) is 14.3. The predicted octanol–water partition coefficient (Wildman–Crippen LogP) is 3.29. The minimum atomic E-state index is -0.326. The van der Waals surface area contributed by atoms with Crippen LogP contribution in [0.4, 0.5) is 10.5 Å². The monoisotopic (exact) mass is 533 g/mol. The van der Waals surface area contributed by atoms with Gasteiger partial charge in [0.05, 0.1) is 13.2 Å². The van der Waals surface area contributed by atoms with Crippen LogP contribution in [0, 0.1) is 5.92 Å². The summed E-state index contributed by atoms with van der Waals surface area (Å²) >= 11 is 0. The number of aromatic amines is 1. The number of hydrogen-bond acceptors (Lipinski definition) is 6. The molecule has 3 heterocycles. The molecule has 0 bridgehead atoms. The van der Waals surface area contributed by atoms with Gasteiger partial charge in [0.25, 0.3) is 5.91 Å². The molecular formula is C26H40ClN7O3. The molecule has 0 aliphatic carbocycles. The number of aromatic nitrogens is 3. The van der Waals surface area contributed by atoms with Gasteiger partial charge in [0, 0.05) is 44.5 Å². The molecule has 1 atom stereocenters. The van der Waals surface area contributed by atoms with Gasteiger partial charge in [-0.2, -0.15) is 0 Å². The van der Waals surface area contributed by atoms with Crippen LogP contribution >= 0.6 is 12.4 Å². The quantitative estimate of drug-likeness (QED) is 0.512. The highest BCUT2D eigenvalue weighted by molar-refractivity contribution is 6.01. The zero-order valence-electron chi connectivity index (χ0n) is 21.9. The molecule has 2 saturated heterocycles. The van der Waals surface area contributed by atoms with Crippen LogP contribution in [0.5, 0.6) is 0 Å². The second-order valence-corrected chi connectivity index (χ2v) is 9.84. The Labute approximate surface area is 225 Å². The summed E-state index contributed by atoms with van der Waals surface area (Å²) in [5.74, 6) is 0.396. The first-order valence-corrected chi connectivity index (χ1v) is 13.1.